The average molecular weight is 333 g/mol. The zero-order valence-corrected chi connectivity index (χ0v) is 14.6. The molecular formula is C17H27N5O2. The van der Waals surface area contributed by atoms with Gasteiger partial charge < -0.3 is 19.4 Å². The van der Waals surface area contributed by atoms with Gasteiger partial charge in [0.1, 0.15) is 6.10 Å². The van der Waals surface area contributed by atoms with E-state index < -0.39 is 0 Å². The molecule has 3 rings (SSSR count). The maximum absolute atomic E-state index is 12.4. The quantitative estimate of drug-likeness (QED) is 0.806. The number of rotatable bonds is 5. The van der Waals surface area contributed by atoms with Gasteiger partial charge in [-0.15, -0.1) is 10.2 Å². The van der Waals surface area contributed by atoms with Crippen molar-refractivity contribution in [2.75, 3.05) is 55.7 Å². The highest BCUT2D eigenvalue weighted by atomic mass is 16.5. The number of piperazine rings is 1. The lowest BCUT2D eigenvalue weighted by molar-refractivity contribution is -0.141. The molecule has 0 saturated carbocycles. The van der Waals surface area contributed by atoms with Crippen LogP contribution in [0.1, 0.15) is 26.7 Å². The number of ether oxygens (including phenoxy) is 1. The second-order valence-corrected chi connectivity index (χ2v) is 6.24. The first-order valence-corrected chi connectivity index (χ1v) is 8.97. The average Bonchev–Trinajstić information content (AvgIpc) is 3.18. The van der Waals surface area contributed by atoms with E-state index in [1.54, 1.807) is 0 Å². The molecule has 1 atom stereocenters. The molecule has 0 aliphatic carbocycles. The Morgan fingerprint density at radius 1 is 1.21 bits per heavy atom. The first-order valence-electron chi connectivity index (χ1n) is 8.97. The molecule has 1 aromatic heterocycles. The predicted octanol–water partition coefficient (Wildman–Crippen LogP) is 1.15. The Morgan fingerprint density at radius 3 is 2.50 bits per heavy atom. The van der Waals surface area contributed by atoms with E-state index in [4.69, 9.17) is 4.74 Å². The molecule has 1 unspecified atom stereocenters. The Morgan fingerprint density at radius 2 is 1.96 bits per heavy atom. The summed E-state index contributed by atoms with van der Waals surface area (Å²) in [6, 6.07) is 4.05. The molecule has 3 heterocycles. The van der Waals surface area contributed by atoms with Crippen molar-refractivity contribution in [1.82, 2.24) is 15.1 Å². The minimum atomic E-state index is -0.218. The van der Waals surface area contributed by atoms with E-state index in [2.05, 4.69) is 33.8 Å². The Labute approximate surface area is 143 Å². The smallest absolute Gasteiger partial charge is 0.251 e. The summed E-state index contributed by atoms with van der Waals surface area (Å²) in [7, 11) is 0. The van der Waals surface area contributed by atoms with Gasteiger partial charge >= 0.3 is 0 Å². The molecule has 2 fully saturated rings. The standard InChI is InChI=1S/C17H27N5O2/c1-3-20(4-2)15-7-8-16(19-18-15)21-9-11-22(12-10-21)17(23)14-6-5-13-24-14/h7-8,14H,3-6,9-13H2,1-2H3. The van der Waals surface area contributed by atoms with Crippen LogP contribution in [0.2, 0.25) is 0 Å². The first-order chi connectivity index (χ1) is 11.7. The second kappa shape index (κ2) is 7.79. The number of aromatic nitrogens is 2. The van der Waals surface area contributed by atoms with E-state index in [0.29, 0.717) is 6.61 Å². The summed E-state index contributed by atoms with van der Waals surface area (Å²) in [6.07, 6.45) is 1.63. The van der Waals surface area contributed by atoms with Gasteiger partial charge in [-0.3, -0.25) is 4.79 Å². The molecule has 2 aliphatic heterocycles. The molecule has 2 aliphatic rings. The van der Waals surface area contributed by atoms with Crippen molar-refractivity contribution in [2.45, 2.75) is 32.8 Å². The van der Waals surface area contributed by atoms with Crippen molar-refractivity contribution in [3.8, 4) is 0 Å². The van der Waals surface area contributed by atoms with Crippen molar-refractivity contribution in [3.05, 3.63) is 12.1 Å². The van der Waals surface area contributed by atoms with E-state index >= 15 is 0 Å². The fourth-order valence-corrected chi connectivity index (χ4v) is 3.34. The minimum absolute atomic E-state index is 0.148. The molecule has 0 N–H and O–H groups in total. The summed E-state index contributed by atoms with van der Waals surface area (Å²) in [5.74, 6) is 1.95. The highest BCUT2D eigenvalue weighted by Gasteiger charge is 2.30. The summed E-state index contributed by atoms with van der Waals surface area (Å²) < 4.78 is 5.50. The molecule has 0 bridgehead atoms. The van der Waals surface area contributed by atoms with E-state index in [0.717, 1.165) is 63.7 Å². The molecule has 2 saturated heterocycles. The lowest BCUT2D eigenvalue weighted by atomic mass is 10.2. The van der Waals surface area contributed by atoms with Crippen molar-refractivity contribution in [2.24, 2.45) is 0 Å². The number of hydrogen-bond donors (Lipinski definition) is 0. The number of carbonyl (C=O) groups excluding carboxylic acids is 1. The van der Waals surface area contributed by atoms with Crippen LogP contribution in [0.5, 0.6) is 0 Å². The number of nitrogens with zero attached hydrogens (tertiary/aromatic N) is 5. The topological polar surface area (TPSA) is 61.8 Å². The highest BCUT2D eigenvalue weighted by Crippen LogP contribution is 2.19. The first kappa shape index (κ1) is 17.0. The zero-order chi connectivity index (χ0) is 16.9. The number of carbonyl (C=O) groups is 1. The van der Waals surface area contributed by atoms with Gasteiger partial charge in [0.2, 0.25) is 0 Å². The van der Waals surface area contributed by atoms with Crippen LogP contribution in [0.15, 0.2) is 12.1 Å². The molecule has 0 spiro atoms. The van der Waals surface area contributed by atoms with Gasteiger partial charge in [-0.05, 0) is 38.8 Å². The van der Waals surface area contributed by atoms with E-state index in [9.17, 15) is 4.79 Å². The minimum Gasteiger partial charge on any atom is -0.368 e. The van der Waals surface area contributed by atoms with Crippen LogP contribution >= 0.6 is 0 Å². The zero-order valence-electron chi connectivity index (χ0n) is 14.6. The van der Waals surface area contributed by atoms with Gasteiger partial charge in [-0.1, -0.05) is 0 Å². The molecular weight excluding hydrogens is 306 g/mol. The van der Waals surface area contributed by atoms with Crippen molar-refractivity contribution in [3.63, 3.8) is 0 Å². The Balaban J connectivity index is 1.55. The van der Waals surface area contributed by atoms with Gasteiger partial charge in [-0.25, -0.2) is 0 Å². The third-order valence-electron chi connectivity index (χ3n) is 4.84. The van der Waals surface area contributed by atoms with E-state index in [-0.39, 0.29) is 12.0 Å². The number of anilines is 2. The van der Waals surface area contributed by atoms with Crippen molar-refractivity contribution >= 4 is 17.5 Å². The summed E-state index contributed by atoms with van der Waals surface area (Å²) >= 11 is 0. The fourth-order valence-electron chi connectivity index (χ4n) is 3.34. The van der Waals surface area contributed by atoms with Gasteiger partial charge in [0.15, 0.2) is 11.6 Å². The van der Waals surface area contributed by atoms with Crippen LogP contribution in [0.25, 0.3) is 0 Å². The van der Waals surface area contributed by atoms with Gasteiger partial charge in [0.25, 0.3) is 5.91 Å². The predicted molar refractivity (Wildman–Crippen MR) is 93.4 cm³/mol. The summed E-state index contributed by atoms with van der Waals surface area (Å²) in [5.41, 5.74) is 0. The van der Waals surface area contributed by atoms with Gasteiger partial charge in [0, 0.05) is 45.9 Å². The Bertz CT molecular complexity index is 532. The van der Waals surface area contributed by atoms with E-state index in [1.165, 1.54) is 0 Å². The normalized spacial score (nSPS) is 21.2. The van der Waals surface area contributed by atoms with Crippen LogP contribution < -0.4 is 9.80 Å². The molecule has 0 aromatic carbocycles. The number of hydrogen-bond acceptors (Lipinski definition) is 6. The molecule has 1 amide bonds. The molecule has 132 valence electrons. The summed E-state index contributed by atoms with van der Waals surface area (Å²) in [6.45, 7) is 9.81. The summed E-state index contributed by atoms with van der Waals surface area (Å²) in [4.78, 5) is 18.7. The molecule has 1 aromatic rings. The van der Waals surface area contributed by atoms with Crippen LogP contribution in [-0.2, 0) is 9.53 Å². The highest BCUT2D eigenvalue weighted by molar-refractivity contribution is 5.81. The molecule has 7 nitrogen and oxygen atoms in total. The van der Waals surface area contributed by atoms with E-state index in [1.807, 2.05) is 17.0 Å². The van der Waals surface area contributed by atoms with Crippen molar-refractivity contribution < 1.29 is 9.53 Å². The van der Waals surface area contributed by atoms with Gasteiger partial charge in [-0.2, -0.15) is 0 Å². The van der Waals surface area contributed by atoms with Crippen LogP contribution in [0.4, 0.5) is 11.6 Å². The Kier molecular flexibility index (Phi) is 5.50. The van der Waals surface area contributed by atoms with Crippen LogP contribution in [-0.4, -0.2) is 73.0 Å². The van der Waals surface area contributed by atoms with Crippen LogP contribution in [0, 0.1) is 0 Å². The largest absolute Gasteiger partial charge is 0.368 e. The summed E-state index contributed by atoms with van der Waals surface area (Å²) in [5, 5.41) is 8.72. The SMILES string of the molecule is CCN(CC)c1ccc(N2CCN(C(=O)C3CCCO3)CC2)nn1. The molecule has 7 heteroatoms. The molecule has 24 heavy (non-hydrogen) atoms. The van der Waals surface area contributed by atoms with Crippen LogP contribution in [0.3, 0.4) is 0 Å². The van der Waals surface area contributed by atoms with Crippen molar-refractivity contribution in [1.29, 1.82) is 0 Å². The second-order valence-electron chi connectivity index (χ2n) is 6.24. The maximum atomic E-state index is 12.4. The number of amides is 1. The van der Waals surface area contributed by atoms with Gasteiger partial charge in [0.05, 0.1) is 0 Å². The third kappa shape index (κ3) is 3.61. The lowest BCUT2D eigenvalue weighted by Gasteiger charge is -2.36. The lowest BCUT2D eigenvalue weighted by Crippen LogP contribution is -2.51. The fraction of sp³-hybridized carbons (Fsp3) is 0.706. The Hall–Kier alpha value is -1.89. The third-order valence-corrected chi connectivity index (χ3v) is 4.84. The maximum Gasteiger partial charge on any atom is 0.251 e. The molecule has 0 radical (unpaired) electrons. The monoisotopic (exact) mass is 333 g/mol.